The molecule has 5 nitrogen and oxygen atoms in total. The monoisotopic (exact) mass is 302 g/mol. The maximum Gasteiger partial charge on any atom is 0.223 e. The second-order valence-corrected chi connectivity index (χ2v) is 6.67. The van der Waals surface area contributed by atoms with E-state index in [9.17, 15) is 4.79 Å². The fraction of sp³-hybridized carbons (Fsp3) is 0.647. The van der Waals surface area contributed by atoms with E-state index in [0.717, 1.165) is 45.3 Å². The Kier molecular flexibility index (Phi) is 4.34. The van der Waals surface area contributed by atoms with Crippen molar-refractivity contribution in [2.45, 2.75) is 44.2 Å². The molecule has 3 rings (SSSR count). The van der Waals surface area contributed by atoms with Gasteiger partial charge < -0.3 is 4.90 Å². The molecule has 0 aliphatic carbocycles. The van der Waals surface area contributed by atoms with E-state index in [1.165, 1.54) is 5.56 Å². The van der Waals surface area contributed by atoms with Crippen molar-refractivity contribution in [1.82, 2.24) is 19.6 Å². The van der Waals surface area contributed by atoms with Gasteiger partial charge in [0.15, 0.2) is 0 Å². The predicted octanol–water partition coefficient (Wildman–Crippen LogP) is 1.95. The number of rotatable bonds is 4. The van der Waals surface area contributed by atoms with Crippen LogP contribution in [0.1, 0.15) is 37.7 Å². The number of likely N-dealkylation sites (tertiary alicyclic amines) is 2. The van der Waals surface area contributed by atoms with Gasteiger partial charge in [0.2, 0.25) is 5.91 Å². The summed E-state index contributed by atoms with van der Waals surface area (Å²) in [5, 5.41) is 4.25. The van der Waals surface area contributed by atoms with Crippen LogP contribution in [0.3, 0.4) is 0 Å². The van der Waals surface area contributed by atoms with Crippen molar-refractivity contribution in [3.63, 3.8) is 0 Å². The molecule has 22 heavy (non-hydrogen) atoms. The highest BCUT2D eigenvalue weighted by molar-refractivity contribution is 5.79. The SMILES string of the molecule is C=CCN1C(=O)CCC12CCCN(Cc1cnn(C)c1)CC2. The minimum atomic E-state index is 0.0783. The Bertz CT molecular complexity index is 553. The molecule has 0 bridgehead atoms. The van der Waals surface area contributed by atoms with Crippen LogP contribution in [0.25, 0.3) is 0 Å². The van der Waals surface area contributed by atoms with E-state index in [4.69, 9.17) is 0 Å². The topological polar surface area (TPSA) is 41.4 Å². The molecule has 0 N–H and O–H groups in total. The lowest BCUT2D eigenvalue weighted by Crippen LogP contribution is -2.46. The summed E-state index contributed by atoms with van der Waals surface area (Å²) in [6.07, 6.45) is 11.0. The summed E-state index contributed by atoms with van der Waals surface area (Å²) in [6.45, 7) is 7.63. The number of hydrogen-bond acceptors (Lipinski definition) is 3. The lowest BCUT2D eigenvalue weighted by molar-refractivity contribution is -0.130. The lowest BCUT2D eigenvalue weighted by atomic mass is 9.87. The standard InChI is InChI=1S/C17H26N4O/c1-3-9-21-16(22)5-7-17(21)6-4-10-20(11-8-17)14-15-12-18-19(2)13-15/h3,12-13H,1,4-11,14H2,2H3. The zero-order valence-electron chi connectivity index (χ0n) is 13.5. The Labute approximate surface area is 132 Å². The van der Waals surface area contributed by atoms with Crippen molar-refractivity contribution in [2.24, 2.45) is 7.05 Å². The Balaban J connectivity index is 1.66. The molecule has 3 heterocycles. The largest absolute Gasteiger partial charge is 0.333 e. The highest BCUT2D eigenvalue weighted by atomic mass is 16.2. The highest BCUT2D eigenvalue weighted by Crippen LogP contribution is 2.39. The normalized spacial score (nSPS) is 26.6. The van der Waals surface area contributed by atoms with E-state index in [0.29, 0.717) is 18.9 Å². The third-order valence-corrected chi connectivity index (χ3v) is 5.16. The van der Waals surface area contributed by atoms with Crippen LogP contribution in [-0.2, 0) is 18.4 Å². The Morgan fingerprint density at radius 2 is 2.23 bits per heavy atom. The van der Waals surface area contributed by atoms with E-state index < -0.39 is 0 Å². The van der Waals surface area contributed by atoms with Crippen molar-refractivity contribution in [1.29, 1.82) is 0 Å². The van der Waals surface area contributed by atoms with Crippen LogP contribution in [0, 0.1) is 0 Å². The van der Waals surface area contributed by atoms with Gasteiger partial charge in [-0.05, 0) is 32.2 Å². The number of hydrogen-bond donors (Lipinski definition) is 0. The van der Waals surface area contributed by atoms with Crippen LogP contribution in [0.2, 0.25) is 0 Å². The molecule has 1 aromatic rings. The third kappa shape index (κ3) is 2.95. The van der Waals surface area contributed by atoms with Gasteiger partial charge in [0.1, 0.15) is 0 Å². The summed E-state index contributed by atoms with van der Waals surface area (Å²) in [4.78, 5) is 16.8. The van der Waals surface area contributed by atoms with Gasteiger partial charge in [0, 0.05) is 50.4 Å². The number of carbonyl (C=O) groups is 1. The number of carbonyl (C=O) groups excluding carboxylic acids is 1. The van der Waals surface area contributed by atoms with Gasteiger partial charge >= 0.3 is 0 Å². The summed E-state index contributed by atoms with van der Waals surface area (Å²) in [6, 6.07) is 0. The van der Waals surface area contributed by atoms with Gasteiger partial charge in [-0.25, -0.2) is 0 Å². The molecule has 2 aliphatic rings. The quantitative estimate of drug-likeness (QED) is 0.798. The van der Waals surface area contributed by atoms with Gasteiger partial charge in [-0.2, -0.15) is 5.10 Å². The third-order valence-electron chi connectivity index (χ3n) is 5.16. The molecular weight excluding hydrogens is 276 g/mol. The molecule has 120 valence electrons. The van der Waals surface area contributed by atoms with Gasteiger partial charge in [-0.3, -0.25) is 14.4 Å². The van der Waals surface area contributed by atoms with Crippen molar-refractivity contribution >= 4 is 5.91 Å². The van der Waals surface area contributed by atoms with E-state index in [-0.39, 0.29) is 5.54 Å². The van der Waals surface area contributed by atoms with Gasteiger partial charge in [0.05, 0.1) is 6.20 Å². The molecule has 1 amide bonds. The van der Waals surface area contributed by atoms with Crippen LogP contribution in [-0.4, -0.2) is 50.7 Å². The van der Waals surface area contributed by atoms with Crippen molar-refractivity contribution in [2.75, 3.05) is 19.6 Å². The second-order valence-electron chi connectivity index (χ2n) is 6.67. The lowest BCUT2D eigenvalue weighted by Gasteiger charge is -2.37. The first-order chi connectivity index (χ1) is 10.6. The minimum Gasteiger partial charge on any atom is -0.333 e. The first-order valence-electron chi connectivity index (χ1n) is 8.24. The van der Waals surface area contributed by atoms with Crippen LogP contribution < -0.4 is 0 Å². The van der Waals surface area contributed by atoms with Crippen LogP contribution in [0.4, 0.5) is 0 Å². The zero-order chi connectivity index (χ0) is 15.6. The Morgan fingerprint density at radius 1 is 1.36 bits per heavy atom. The summed E-state index contributed by atoms with van der Waals surface area (Å²) in [5.74, 6) is 0.306. The second kappa shape index (κ2) is 6.24. The van der Waals surface area contributed by atoms with Crippen LogP contribution in [0.15, 0.2) is 25.0 Å². The van der Waals surface area contributed by atoms with E-state index in [2.05, 4.69) is 27.7 Å². The molecule has 1 atom stereocenters. The minimum absolute atomic E-state index is 0.0783. The first kappa shape index (κ1) is 15.3. The molecule has 1 unspecified atom stereocenters. The smallest absolute Gasteiger partial charge is 0.223 e. The van der Waals surface area contributed by atoms with Crippen LogP contribution >= 0.6 is 0 Å². The van der Waals surface area contributed by atoms with Gasteiger partial charge in [0.25, 0.3) is 0 Å². The molecule has 2 aliphatic heterocycles. The zero-order valence-corrected chi connectivity index (χ0v) is 13.5. The number of aryl methyl sites for hydroxylation is 1. The molecule has 1 aromatic heterocycles. The summed E-state index contributed by atoms with van der Waals surface area (Å²) in [5.41, 5.74) is 1.35. The summed E-state index contributed by atoms with van der Waals surface area (Å²) < 4.78 is 1.86. The molecule has 5 heteroatoms. The first-order valence-corrected chi connectivity index (χ1v) is 8.24. The maximum absolute atomic E-state index is 12.2. The molecular formula is C17H26N4O. The van der Waals surface area contributed by atoms with E-state index in [1.807, 2.05) is 24.0 Å². The maximum atomic E-state index is 12.2. The molecule has 2 saturated heterocycles. The summed E-state index contributed by atoms with van der Waals surface area (Å²) in [7, 11) is 1.96. The summed E-state index contributed by atoms with van der Waals surface area (Å²) >= 11 is 0. The van der Waals surface area contributed by atoms with Crippen molar-refractivity contribution < 1.29 is 4.79 Å². The van der Waals surface area contributed by atoms with E-state index >= 15 is 0 Å². The van der Waals surface area contributed by atoms with Crippen molar-refractivity contribution in [3.05, 3.63) is 30.6 Å². The molecule has 0 aromatic carbocycles. The molecule has 0 saturated carbocycles. The number of amides is 1. The Morgan fingerprint density at radius 3 is 2.95 bits per heavy atom. The fourth-order valence-corrected chi connectivity index (χ4v) is 4.02. The molecule has 2 fully saturated rings. The predicted molar refractivity (Wildman–Crippen MR) is 86.2 cm³/mol. The fourth-order valence-electron chi connectivity index (χ4n) is 4.02. The average Bonchev–Trinajstić information content (AvgIpc) is 2.95. The molecule has 0 radical (unpaired) electrons. The Hall–Kier alpha value is -1.62. The number of aromatic nitrogens is 2. The van der Waals surface area contributed by atoms with E-state index in [1.54, 1.807) is 0 Å². The van der Waals surface area contributed by atoms with Gasteiger partial charge in [-0.15, -0.1) is 6.58 Å². The van der Waals surface area contributed by atoms with Crippen LogP contribution in [0.5, 0.6) is 0 Å². The van der Waals surface area contributed by atoms with Crippen molar-refractivity contribution in [3.8, 4) is 0 Å². The highest BCUT2D eigenvalue weighted by Gasteiger charge is 2.44. The average molecular weight is 302 g/mol. The van der Waals surface area contributed by atoms with Gasteiger partial charge in [-0.1, -0.05) is 6.08 Å². The number of nitrogens with zero attached hydrogens (tertiary/aromatic N) is 4. The molecule has 1 spiro atoms.